The number of hydrogen-bond donors (Lipinski definition) is 1. The van der Waals surface area contributed by atoms with E-state index in [2.05, 4.69) is 55.5 Å². The molecule has 0 aliphatic carbocycles. The topological polar surface area (TPSA) is 20.2 Å². The Balaban J connectivity index is 2.10. The summed E-state index contributed by atoms with van der Waals surface area (Å²) < 4.78 is 2.46. The first kappa shape index (κ1) is 14.6. The molecule has 0 saturated carbocycles. The molecule has 108 valence electrons. The lowest BCUT2D eigenvalue weighted by Crippen LogP contribution is -2.44. The van der Waals surface area contributed by atoms with E-state index in [1.165, 1.54) is 36.6 Å². The van der Waals surface area contributed by atoms with Crippen LogP contribution in [0, 0.1) is 13.8 Å². The standard InChI is InChI=1S/C16H29N3/c1-12(2)19-14(4)10-16(15(19)5)13(3)11-18-8-6-17-7-9-18/h10,12-13,17H,6-9,11H2,1-5H3. The van der Waals surface area contributed by atoms with E-state index >= 15 is 0 Å². The summed E-state index contributed by atoms with van der Waals surface area (Å²) in [5.41, 5.74) is 4.38. The number of nitrogens with one attached hydrogen (secondary N) is 1. The first-order chi connectivity index (χ1) is 9.00. The maximum absolute atomic E-state index is 3.42. The fraction of sp³-hybridized carbons (Fsp3) is 0.750. The second-order valence-corrected chi connectivity index (χ2v) is 6.24. The molecule has 1 aromatic rings. The van der Waals surface area contributed by atoms with Gasteiger partial charge in [-0.25, -0.2) is 0 Å². The van der Waals surface area contributed by atoms with Crippen LogP contribution in [0.5, 0.6) is 0 Å². The Bertz CT molecular complexity index is 414. The van der Waals surface area contributed by atoms with Crippen LogP contribution in [-0.4, -0.2) is 42.2 Å². The van der Waals surface area contributed by atoms with Gasteiger partial charge in [0.2, 0.25) is 0 Å². The molecule has 1 N–H and O–H groups in total. The summed E-state index contributed by atoms with van der Waals surface area (Å²) >= 11 is 0. The molecule has 3 heteroatoms. The highest BCUT2D eigenvalue weighted by atomic mass is 15.2. The van der Waals surface area contributed by atoms with Crippen LogP contribution in [0.15, 0.2) is 6.07 Å². The Kier molecular flexibility index (Phi) is 4.69. The highest BCUT2D eigenvalue weighted by molar-refractivity contribution is 5.30. The summed E-state index contributed by atoms with van der Waals surface area (Å²) in [5, 5.41) is 3.42. The number of aryl methyl sites for hydroxylation is 1. The van der Waals surface area contributed by atoms with Crippen molar-refractivity contribution in [3.05, 3.63) is 23.0 Å². The summed E-state index contributed by atoms with van der Waals surface area (Å²) in [6.07, 6.45) is 0. The number of nitrogens with zero attached hydrogens (tertiary/aromatic N) is 2. The van der Waals surface area contributed by atoms with E-state index in [1.54, 1.807) is 0 Å². The van der Waals surface area contributed by atoms with Gasteiger partial charge in [0.1, 0.15) is 0 Å². The van der Waals surface area contributed by atoms with Crippen LogP contribution in [-0.2, 0) is 0 Å². The summed E-state index contributed by atoms with van der Waals surface area (Å²) in [6, 6.07) is 2.95. The molecule has 0 radical (unpaired) electrons. The van der Waals surface area contributed by atoms with Gasteiger partial charge in [-0.05, 0) is 45.2 Å². The summed E-state index contributed by atoms with van der Waals surface area (Å²) in [7, 11) is 0. The van der Waals surface area contributed by atoms with E-state index in [4.69, 9.17) is 0 Å². The van der Waals surface area contributed by atoms with Gasteiger partial charge in [0.25, 0.3) is 0 Å². The molecule has 19 heavy (non-hydrogen) atoms. The number of hydrogen-bond acceptors (Lipinski definition) is 2. The van der Waals surface area contributed by atoms with Crippen molar-refractivity contribution in [2.75, 3.05) is 32.7 Å². The molecule has 3 nitrogen and oxygen atoms in total. The van der Waals surface area contributed by atoms with Crippen LogP contribution < -0.4 is 5.32 Å². The number of rotatable bonds is 4. The molecule has 2 rings (SSSR count). The second-order valence-electron chi connectivity index (χ2n) is 6.24. The minimum Gasteiger partial charge on any atom is -0.346 e. The fourth-order valence-corrected chi connectivity index (χ4v) is 3.48. The highest BCUT2D eigenvalue weighted by Gasteiger charge is 2.19. The normalized spacial score (nSPS) is 19.1. The molecule has 0 amide bonds. The quantitative estimate of drug-likeness (QED) is 0.901. The maximum atomic E-state index is 3.42. The van der Waals surface area contributed by atoms with Gasteiger partial charge in [0, 0.05) is 50.2 Å². The first-order valence-electron chi connectivity index (χ1n) is 7.62. The summed E-state index contributed by atoms with van der Waals surface area (Å²) in [6.45, 7) is 17.2. The van der Waals surface area contributed by atoms with Crippen molar-refractivity contribution in [2.24, 2.45) is 0 Å². The van der Waals surface area contributed by atoms with Gasteiger partial charge in [-0.1, -0.05) is 6.92 Å². The molecule has 1 atom stereocenters. The molecule has 1 aliphatic rings. The van der Waals surface area contributed by atoms with Crippen LogP contribution in [0.4, 0.5) is 0 Å². The Morgan fingerprint density at radius 1 is 1.16 bits per heavy atom. The van der Waals surface area contributed by atoms with Crippen molar-refractivity contribution >= 4 is 0 Å². The molecule has 0 spiro atoms. The van der Waals surface area contributed by atoms with E-state index in [9.17, 15) is 0 Å². The minimum absolute atomic E-state index is 0.556. The van der Waals surface area contributed by atoms with E-state index in [0.29, 0.717) is 12.0 Å². The van der Waals surface area contributed by atoms with Gasteiger partial charge in [-0.3, -0.25) is 0 Å². The van der Waals surface area contributed by atoms with Crippen LogP contribution in [0.3, 0.4) is 0 Å². The lowest BCUT2D eigenvalue weighted by atomic mass is 10.0. The van der Waals surface area contributed by atoms with Gasteiger partial charge >= 0.3 is 0 Å². The molecular weight excluding hydrogens is 234 g/mol. The predicted molar refractivity (Wildman–Crippen MR) is 82.0 cm³/mol. The van der Waals surface area contributed by atoms with Crippen molar-refractivity contribution in [1.82, 2.24) is 14.8 Å². The molecule has 1 aliphatic heterocycles. The third-order valence-corrected chi connectivity index (χ3v) is 4.31. The van der Waals surface area contributed by atoms with Gasteiger partial charge in [0.15, 0.2) is 0 Å². The predicted octanol–water partition coefficient (Wildman–Crippen LogP) is 2.69. The largest absolute Gasteiger partial charge is 0.346 e. The molecule has 1 fully saturated rings. The molecule has 0 aromatic carbocycles. The average Bonchev–Trinajstić information content (AvgIpc) is 2.66. The van der Waals surface area contributed by atoms with Crippen LogP contribution in [0.25, 0.3) is 0 Å². The van der Waals surface area contributed by atoms with Crippen molar-refractivity contribution in [3.63, 3.8) is 0 Å². The van der Waals surface area contributed by atoms with E-state index < -0.39 is 0 Å². The van der Waals surface area contributed by atoms with Crippen molar-refractivity contribution in [2.45, 2.75) is 46.6 Å². The number of aromatic nitrogens is 1. The Hall–Kier alpha value is -0.800. The third-order valence-electron chi connectivity index (χ3n) is 4.31. The maximum Gasteiger partial charge on any atom is 0.0279 e. The van der Waals surface area contributed by atoms with Crippen LogP contribution in [0.2, 0.25) is 0 Å². The minimum atomic E-state index is 0.556. The Labute approximate surface area is 118 Å². The molecule has 1 aromatic heterocycles. The molecule has 2 heterocycles. The second kappa shape index (κ2) is 6.10. The van der Waals surface area contributed by atoms with Gasteiger partial charge < -0.3 is 14.8 Å². The van der Waals surface area contributed by atoms with Gasteiger partial charge in [-0.2, -0.15) is 0 Å². The summed E-state index contributed by atoms with van der Waals surface area (Å²) in [5.74, 6) is 0.622. The Morgan fingerprint density at radius 2 is 1.79 bits per heavy atom. The SMILES string of the molecule is Cc1cc(C(C)CN2CCNCC2)c(C)n1C(C)C. The lowest BCUT2D eigenvalue weighted by molar-refractivity contribution is 0.230. The van der Waals surface area contributed by atoms with Crippen LogP contribution in [0.1, 0.15) is 49.7 Å². The van der Waals surface area contributed by atoms with Gasteiger partial charge in [-0.15, -0.1) is 0 Å². The zero-order valence-electron chi connectivity index (χ0n) is 13.2. The van der Waals surface area contributed by atoms with Crippen molar-refractivity contribution in [1.29, 1.82) is 0 Å². The van der Waals surface area contributed by atoms with Crippen molar-refractivity contribution < 1.29 is 0 Å². The molecule has 0 bridgehead atoms. The number of piperazine rings is 1. The first-order valence-corrected chi connectivity index (χ1v) is 7.62. The third kappa shape index (κ3) is 3.21. The van der Waals surface area contributed by atoms with E-state index in [1.807, 2.05) is 0 Å². The molecule has 1 saturated heterocycles. The monoisotopic (exact) mass is 263 g/mol. The van der Waals surface area contributed by atoms with Gasteiger partial charge in [0.05, 0.1) is 0 Å². The smallest absolute Gasteiger partial charge is 0.0279 e. The fourth-order valence-electron chi connectivity index (χ4n) is 3.48. The molecule has 1 unspecified atom stereocenters. The highest BCUT2D eigenvalue weighted by Crippen LogP contribution is 2.27. The molecular formula is C16H29N3. The van der Waals surface area contributed by atoms with Crippen LogP contribution >= 0.6 is 0 Å². The van der Waals surface area contributed by atoms with E-state index in [0.717, 1.165) is 13.1 Å². The van der Waals surface area contributed by atoms with E-state index in [-0.39, 0.29) is 0 Å². The average molecular weight is 263 g/mol. The zero-order valence-corrected chi connectivity index (χ0v) is 13.2. The zero-order chi connectivity index (χ0) is 14.0. The summed E-state index contributed by atoms with van der Waals surface area (Å²) in [4.78, 5) is 2.59. The Morgan fingerprint density at radius 3 is 2.32 bits per heavy atom. The van der Waals surface area contributed by atoms with Crippen molar-refractivity contribution in [3.8, 4) is 0 Å². The lowest BCUT2D eigenvalue weighted by Gasteiger charge is -2.29.